The van der Waals surface area contributed by atoms with E-state index >= 15 is 0 Å². The lowest BCUT2D eigenvalue weighted by molar-refractivity contribution is 0.174. The molecule has 6 heteroatoms. The van der Waals surface area contributed by atoms with Gasteiger partial charge in [0.25, 0.3) is 0 Å². The molecular formula is C9H11N3O3. The normalized spacial score (nSPS) is 12.4. The Kier molecular flexibility index (Phi) is 2.34. The minimum absolute atomic E-state index is 0.210. The molecule has 2 rings (SSSR count). The molecule has 4 N–H and O–H groups in total. The Bertz CT molecular complexity index is 406. The molecule has 0 spiro atoms. The van der Waals surface area contributed by atoms with Crippen molar-refractivity contribution in [3.8, 4) is 11.5 Å². The molecule has 0 radical (unpaired) electrons. The average molecular weight is 209 g/mol. The van der Waals surface area contributed by atoms with E-state index in [9.17, 15) is 4.79 Å². The first-order chi connectivity index (χ1) is 7.20. The first-order valence-electron chi connectivity index (χ1n) is 4.38. The predicted octanol–water partition coefficient (Wildman–Crippen LogP) is 0.719. The highest BCUT2D eigenvalue weighted by Gasteiger charge is 2.16. The molecule has 1 aromatic carbocycles. The van der Waals surface area contributed by atoms with Gasteiger partial charge >= 0.3 is 6.03 Å². The number of rotatable bonds is 1. The third-order valence-corrected chi connectivity index (χ3v) is 2.10. The molecule has 0 bridgehead atoms. The number of nitrogens with one attached hydrogen (secondary N) is 2. The van der Waals surface area contributed by atoms with Gasteiger partial charge in [0.15, 0.2) is 11.5 Å². The lowest BCUT2D eigenvalue weighted by Gasteiger charge is -2.08. The van der Waals surface area contributed by atoms with Crippen molar-refractivity contribution in [2.24, 2.45) is 5.84 Å². The molecule has 0 atom stereocenters. The van der Waals surface area contributed by atoms with Crippen LogP contribution in [0, 0.1) is 6.92 Å². The fourth-order valence-electron chi connectivity index (χ4n) is 1.34. The maximum absolute atomic E-state index is 11.0. The van der Waals surface area contributed by atoms with E-state index in [1.165, 1.54) is 0 Å². The Morgan fingerprint density at radius 1 is 1.40 bits per heavy atom. The van der Waals surface area contributed by atoms with E-state index in [-0.39, 0.29) is 6.79 Å². The monoisotopic (exact) mass is 209 g/mol. The van der Waals surface area contributed by atoms with Gasteiger partial charge in [-0.05, 0) is 18.6 Å². The molecule has 0 fully saturated rings. The molecule has 0 aliphatic carbocycles. The summed E-state index contributed by atoms with van der Waals surface area (Å²) in [5.41, 5.74) is 3.50. The number of fused-ring (bicyclic) bond motifs is 1. The third kappa shape index (κ3) is 1.79. The van der Waals surface area contributed by atoms with Crippen molar-refractivity contribution in [3.63, 3.8) is 0 Å². The standard InChI is InChI=1S/C9H11N3O3/c1-5-2-7-8(15-4-14-7)3-6(5)11-9(13)12-10/h2-3H,4,10H2,1H3,(H2,11,12,13). The van der Waals surface area contributed by atoms with E-state index in [1.54, 1.807) is 12.1 Å². The van der Waals surface area contributed by atoms with Crippen LogP contribution in [0.2, 0.25) is 0 Å². The highest BCUT2D eigenvalue weighted by molar-refractivity contribution is 5.90. The fourth-order valence-corrected chi connectivity index (χ4v) is 1.34. The Balaban J connectivity index is 2.28. The van der Waals surface area contributed by atoms with Gasteiger partial charge in [-0.3, -0.25) is 5.43 Å². The van der Waals surface area contributed by atoms with Gasteiger partial charge in [-0.15, -0.1) is 0 Å². The Hall–Kier alpha value is -1.95. The topological polar surface area (TPSA) is 85.6 Å². The van der Waals surface area contributed by atoms with Crippen molar-refractivity contribution in [3.05, 3.63) is 17.7 Å². The van der Waals surface area contributed by atoms with Crippen LogP contribution < -0.4 is 26.1 Å². The second kappa shape index (κ2) is 3.66. The fraction of sp³-hybridized carbons (Fsp3) is 0.222. The van der Waals surface area contributed by atoms with E-state index in [0.29, 0.717) is 17.2 Å². The van der Waals surface area contributed by atoms with Crippen LogP contribution in [-0.2, 0) is 0 Å². The molecule has 1 heterocycles. The zero-order valence-electron chi connectivity index (χ0n) is 8.16. The van der Waals surface area contributed by atoms with Crippen LogP contribution in [0.3, 0.4) is 0 Å². The zero-order chi connectivity index (χ0) is 10.8. The van der Waals surface area contributed by atoms with E-state index in [4.69, 9.17) is 15.3 Å². The first-order valence-corrected chi connectivity index (χ1v) is 4.38. The van der Waals surface area contributed by atoms with E-state index in [2.05, 4.69) is 5.32 Å². The molecule has 0 aromatic heterocycles. The summed E-state index contributed by atoms with van der Waals surface area (Å²) >= 11 is 0. The van der Waals surface area contributed by atoms with Crippen LogP contribution in [0.5, 0.6) is 11.5 Å². The predicted molar refractivity (Wildman–Crippen MR) is 53.6 cm³/mol. The smallest absolute Gasteiger partial charge is 0.333 e. The lowest BCUT2D eigenvalue weighted by atomic mass is 10.2. The van der Waals surface area contributed by atoms with Crippen molar-refractivity contribution in [1.29, 1.82) is 0 Å². The molecule has 1 aromatic rings. The average Bonchev–Trinajstić information content (AvgIpc) is 2.65. The quantitative estimate of drug-likeness (QED) is 0.361. The number of carbonyl (C=O) groups excluding carboxylic acids is 1. The Morgan fingerprint density at radius 3 is 2.73 bits per heavy atom. The maximum atomic E-state index is 11.0. The van der Waals surface area contributed by atoms with Gasteiger partial charge in [-0.2, -0.15) is 0 Å². The Labute approximate surface area is 86.3 Å². The van der Waals surface area contributed by atoms with Crippen molar-refractivity contribution in [2.45, 2.75) is 6.92 Å². The summed E-state index contributed by atoms with van der Waals surface area (Å²) in [7, 11) is 0. The highest BCUT2D eigenvalue weighted by Crippen LogP contribution is 2.36. The van der Waals surface area contributed by atoms with Crippen molar-refractivity contribution >= 4 is 11.7 Å². The number of carbonyl (C=O) groups is 1. The zero-order valence-corrected chi connectivity index (χ0v) is 8.16. The van der Waals surface area contributed by atoms with Crippen LogP contribution in [0.4, 0.5) is 10.5 Å². The molecular weight excluding hydrogens is 198 g/mol. The minimum atomic E-state index is -0.475. The number of ether oxygens (including phenoxy) is 2. The molecule has 1 aliphatic heterocycles. The van der Waals surface area contributed by atoms with Crippen LogP contribution in [0.1, 0.15) is 5.56 Å². The van der Waals surface area contributed by atoms with Crippen molar-refractivity contribution in [2.75, 3.05) is 12.1 Å². The molecule has 0 saturated heterocycles. The molecule has 6 nitrogen and oxygen atoms in total. The lowest BCUT2D eigenvalue weighted by Crippen LogP contribution is -2.34. The maximum Gasteiger partial charge on any atom is 0.333 e. The summed E-state index contributed by atoms with van der Waals surface area (Å²) in [6.07, 6.45) is 0. The largest absolute Gasteiger partial charge is 0.454 e. The number of nitrogens with two attached hydrogens (primary N) is 1. The summed E-state index contributed by atoms with van der Waals surface area (Å²) in [5, 5.41) is 2.58. The number of hydrogen-bond acceptors (Lipinski definition) is 4. The van der Waals surface area contributed by atoms with E-state index < -0.39 is 6.03 Å². The van der Waals surface area contributed by atoms with Gasteiger partial charge < -0.3 is 14.8 Å². The number of urea groups is 1. The summed E-state index contributed by atoms with van der Waals surface area (Å²) in [6, 6.07) is 3.03. The summed E-state index contributed by atoms with van der Waals surface area (Å²) in [5.74, 6) is 6.27. The van der Waals surface area contributed by atoms with Gasteiger partial charge in [0, 0.05) is 11.8 Å². The molecule has 1 aliphatic rings. The summed E-state index contributed by atoms with van der Waals surface area (Å²) in [6.45, 7) is 2.06. The van der Waals surface area contributed by atoms with Gasteiger partial charge in [-0.25, -0.2) is 10.6 Å². The number of hydrogen-bond donors (Lipinski definition) is 3. The van der Waals surface area contributed by atoms with E-state index in [0.717, 1.165) is 5.56 Å². The highest BCUT2D eigenvalue weighted by atomic mass is 16.7. The summed E-state index contributed by atoms with van der Waals surface area (Å²) in [4.78, 5) is 11.0. The van der Waals surface area contributed by atoms with Gasteiger partial charge in [0.1, 0.15) is 0 Å². The first kappa shape index (κ1) is 9.60. The van der Waals surface area contributed by atoms with Crippen molar-refractivity contribution < 1.29 is 14.3 Å². The van der Waals surface area contributed by atoms with E-state index in [1.807, 2.05) is 12.3 Å². The second-order valence-corrected chi connectivity index (χ2v) is 3.12. The number of anilines is 1. The molecule has 0 saturated carbocycles. The number of benzene rings is 1. The molecule has 80 valence electrons. The summed E-state index contributed by atoms with van der Waals surface area (Å²) < 4.78 is 10.4. The number of aryl methyl sites for hydroxylation is 1. The third-order valence-electron chi connectivity index (χ3n) is 2.10. The van der Waals surface area contributed by atoms with Gasteiger partial charge in [0.05, 0.1) is 0 Å². The molecule has 0 unspecified atom stereocenters. The number of hydrazine groups is 1. The second-order valence-electron chi connectivity index (χ2n) is 3.12. The van der Waals surface area contributed by atoms with Crippen LogP contribution in [-0.4, -0.2) is 12.8 Å². The van der Waals surface area contributed by atoms with Crippen LogP contribution in [0.25, 0.3) is 0 Å². The van der Waals surface area contributed by atoms with Crippen LogP contribution in [0.15, 0.2) is 12.1 Å². The molecule has 15 heavy (non-hydrogen) atoms. The minimum Gasteiger partial charge on any atom is -0.454 e. The van der Waals surface area contributed by atoms with Crippen LogP contribution >= 0.6 is 0 Å². The van der Waals surface area contributed by atoms with Crippen molar-refractivity contribution in [1.82, 2.24) is 5.43 Å². The van der Waals surface area contributed by atoms with Gasteiger partial charge in [0.2, 0.25) is 6.79 Å². The number of amides is 2. The van der Waals surface area contributed by atoms with Gasteiger partial charge in [-0.1, -0.05) is 0 Å². The SMILES string of the molecule is Cc1cc2c(cc1NC(=O)NN)OCO2. The Morgan fingerprint density at radius 2 is 2.07 bits per heavy atom. The molecule has 2 amide bonds.